The van der Waals surface area contributed by atoms with E-state index in [0.29, 0.717) is 11.3 Å². The monoisotopic (exact) mass is 416 g/mol. The molecule has 3 aromatic carbocycles. The summed E-state index contributed by atoms with van der Waals surface area (Å²) < 4.78 is 55.6. The molecule has 0 bridgehead atoms. The van der Waals surface area contributed by atoms with Crippen LogP contribution in [0, 0.1) is 13.8 Å². The number of nitrogens with one attached hydrogen (secondary N) is 2. The summed E-state index contributed by atoms with van der Waals surface area (Å²) in [4.78, 5) is 0.0610. The summed E-state index contributed by atoms with van der Waals surface area (Å²) in [5, 5.41) is 0. The molecule has 0 radical (unpaired) electrons. The van der Waals surface area contributed by atoms with E-state index in [1.165, 1.54) is 24.3 Å². The molecule has 2 N–H and O–H groups in total. The molecule has 0 saturated carbocycles. The second kappa shape index (κ2) is 7.65. The molecule has 3 rings (SSSR count). The molecule has 0 unspecified atom stereocenters. The molecule has 146 valence electrons. The van der Waals surface area contributed by atoms with Gasteiger partial charge in [-0.05, 0) is 61.4 Å². The Kier molecular flexibility index (Phi) is 5.44. The van der Waals surface area contributed by atoms with Crippen LogP contribution >= 0.6 is 0 Å². The van der Waals surface area contributed by atoms with Gasteiger partial charge in [-0.2, -0.15) is 0 Å². The maximum atomic E-state index is 12.7. The van der Waals surface area contributed by atoms with Crippen molar-refractivity contribution >= 4 is 31.4 Å². The first-order chi connectivity index (χ1) is 13.2. The number of aryl methyl sites for hydroxylation is 2. The van der Waals surface area contributed by atoms with Gasteiger partial charge in [0.2, 0.25) is 0 Å². The van der Waals surface area contributed by atoms with Crippen molar-refractivity contribution in [1.82, 2.24) is 0 Å². The Morgan fingerprint density at radius 2 is 1.32 bits per heavy atom. The Hall–Kier alpha value is -2.84. The molecular formula is C20H20N2O4S2. The number of hydrogen-bond donors (Lipinski definition) is 2. The molecule has 8 heteroatoms. The summed E-state index contributed by atoms with van der Waals surface area (Å²) in [6.07, 6.45) is 0. The highest BCUT2D eigenvalue weighted by Crippen LogP contribution is 2.25. The fourth-order valence-corrected chi connectivity index (χ4v) is 4.82. The van der Waals surface area contributed by atoms with Gasteiger partial charge in [0, 0.05) is 5.69 Å². The van der Waals surface area contributed by atoms with Crippen molar-refractivity contribution in [2.45, 2.75) is 23.6 Å². The molecule has 0 amide bonds. The van der Waals surface area contributed by atoms with Gasteiger partial charge in [-0.3, -0.25) is 9.44 Å². The zero-order valence-corrected chi connectivity index (χ0v) is 17.0. The van der Waals surface area contributed by atoms with E-state index >= 15 is 0 Å². The average Bonchev–Trinajstić information content (AvgIpc) is 2.63. The second-order valence-corrected chi connectivity index (χ2v) is 9.74. The van der Waals surface area contributed by atoms with Crippen molar-refractivity contribution in [2.24, 2.45) is 0 Å². The van der Waals surface area contributed by atoms with Crippen LogP contribution in [0.15, 0.2) is 82.6 Å². The van der Waals surface area contributed by atoms with E-state index in [0.717, 1.165) is 5.56 Å². The van der Waals surface area contributed by atoms with Crippen molar-refractivity contribution in [3.8, 4) is 0 Å². The van der Waals surface area contributed by atoms with Crippen LogP contribution < -0.4 is 9.44 Å². The van der Waals surface area contributed by atoms with Gasteiger partial charge in [-0.25, -0.2) is 16.8 Å². The van der Waals surface area contributed by atoms with E-state index in [-0.39, 0.29) is 15.5 Å². The average molecular weight is 417 g/mol. The van der Waals surface area contributed by atoms with Crippen molar-refractivity contribution in [3.05, 3.63) is 83.9 Å². The predicted molar refractivity (Wildman–Crippen MR) is 110 cm³/mol. The fourth-order valence-electron chi connectivity index (χ4n) is 2.60. The van der Waals surface area contributed by atoms with E-state index in [1.807, 2.05) is 13.0 Å². The van der Waals surface area contributed by atoms with Gasteiger partial charge >= 0.3 is 0 Å². The van der Waals surface area contributed by atoms with Crippen LogP contribution in [0.4, 0.5) is 11.4 Å². The molecular weight excluding hydrogens is 396 g/mol. The summed E-state index contributed by atoms with van der Waals surface area (Å²) in [6, 6.07) is 19.2. The standard InChI is InChI=1S/C20H20N2O4S2/c1-15-7-6-8-17(13-15)21-28(25,26)19-12-11-16(2)20(14-19)22-27(23,24)18-9-4-3-5-10-18/h3-14,21-22H,1-2H3. The third kappa shape index (κ3) is 4.52. The highest BCUT2D eigenvalue weighted by atomic mass is 32.2. The van der Waals surface area contributed by atoms with Crippen LogP contribution in [0.2, 0.25) is 0 Å². The van der Waals surface area contributed by atoms with Crippen molar-refractivity contribution in [3.63, 3.8) is 0 Å². The van der Waals surface area contributed by atoms with Crippen LogP contribution in [-0.2, 0) is 20.0 Å². The second-order valence-electron chi connectivity index (χ2n) is 6.37. The third-order valence-electron chi connectivity index (χ3n) is 4.09. The smallest absolute Gasteiger partial charge is 0.261 e. The molecule has 0 aliphatic heterocycles. The zero-order valence-electron chi connectivity index (χ0n) is 15.4. The molecule has 0 spiro atoms. The first-order valence-corrected chi connectivity index (χ1v) is 11.4. The van der Waals surface area contributed by atoms with Crippen molar-refractivity contribution < 1.29 is 16.8 Å². The molecule has 0 saturated heterocycles. The van der Waals surface area contributed by atoms with E-state index < -0.39 is 20.0 Å². The van der Waals surface area contributed by atoms with Crippen molar-refractivity contribution in [2.75, 3.05) is 9.44 Å². The Labute approximate surface area is 165 Å². The summed E-state index contributed by atoms with van der Waals surface area (Å²) in [5.41, 5.74) is 2.16. The van der Waals surface area contributed by atoms with Crippen molar-refractivity contribution in [1.29, 1.82) is 0 Å². The van der Waals surface area contributed by atoms with Crippen LogP contribution in [0.25, 0.3) is 0 Å². The van der Waals surface area contributed by atoms with Gasteiger partial charge in [0.1, 0.15) is 0 Å². The zero-order chi connectivity index (χ0) is 20.4. The number of sulfonamides is 2. The van der Waals surface area contributed by atoms with Crippen LogP contribution in [-0.4, -0.2) is 16.8 Å². The summed E-state index contributed by atoms with van der Waals surface area (Å²) in [5.74, 6) is 0. The third-order valence-corrected chi connectivity index (χ3v) is 6.85. The van der Waals surface area contributed by atoms with E-state index in [1.54, 1.807) is 49.4 Å². The molecule has 3 aromatic rings. The molecule has 0 fully saturated rings. The summed E-state index contributed by atoms with van der Waals surface area (Å²) in [7, 11) is -7.70. The Balaban J connectivity index is 1.93. The first-order valence-electron chi connectivity index (χ1n) is 8.45. The van der Waals surface area contributed by atoms with Crippen LogP contribution in [0.1, 0.15) is 11.1 Å². The van der Waals surface area contributed by atoms with E-state index in [2.05, 4.69) is 9.44 Å². The van der Waals surface area contributed by atoms with E-state index in [9.17, 15) is 16.8 Å². The van der Waals surface area contributed by atoms with Gasteiger partial charge < -0.3 is 0 Å². The van der Waals surface area contributed by atoms with Gasteiger partial charge in [0.15, 0.2) is 0 Å². The summed E-state index contributed by atoms with van der Waals surface area (Å²) in [6.45, 7) is 3.56. The molecule has 0 aliphatic rings. The molecule has 0 heterocycles. The normalized spacial score (nSPS) is 11.8. The highest BCUT2D eigenvalue weighted by molar-refractivity contribution is 7.93. The lowest BCUT2D eigenvalue weighted by Crippen LogP contribution is -2.16. The van der Waals surface area contributed by atoms with Gasteiger partial charge in [-0.1, -0.05) is 36.4 Å². The maximum absolute atomic E-state index is 12.7. The fraction of sp³-hybridized carbons (Fsp3) is 0.100. The number of anilines is 2. The number of rotatable bonds is 6. The van der Waals surface area contributed by atoms with Gasteiger partial charge in [0.25, 0.3) is 20.0 Å². The molecule has 28 heavy (non-hydrogen) atoms. The molecule has 6 nitrogen and oxygen atoms in total. The quantitative estimate of drug-likeness (QED) is 0.637. The molecule has 0 atom stereocenters. The molecule has 0 aromatic heterocycles. The Bertz CT molecular complexity index is 1210. The molecule has 0 aliphatic carbocycles. The SMILES string of the molecule is Cc1cccc(NS(=O)(=O)c2ccc(C)c(NS(=O)(=O)c3ccccc3)c2)c1. The van der Waals surface area contributed by atoms with Crippen LogP contribution in [0.3, 0.4) is 0 Å². The van der Waals surface area contributed by atoms with Gasteiger partial charge in [-0.15, -0.1) is 0 Å². The largest absolute Gasteiger partial charge is 0.280 e. The lowest BCUT2D eigenvalue weighted by atomic mass is 10.2. The highest BCUT2D eigenvalue weighted by Gasteiger charge is 2.19. The number of hydrogen-bond acceptors (Lipinski definition) is 4. The van der Waals surface area contributed by atoms with Crippen LogP contribution in [0.5, 0.6) is 0 Å². The minimum Gasteiger partial charge on any atom is -0.280 e. The Morgan fingerprint density at radius 3 is 2.00 bits per heavy atom. The van der Waals surface area contributed by atoms with Gasteiger partial charge in [0.05, 0.1) is 15.5 Å². The van der Waals surface area contributed by atoms with E-state index in [4.69, 9.17) is 0 Å². The summed E-state index contributed by atoms with van der Waals surface area (Å²) >= 11 is 0. The predicted octanol–water partition coefficient (Wildman–Crippen LogP) is 3.91. The topological polar surface area (TPSA) is 92.3 Å². The minimum absolute atomic E-state index is 0.0367. The number of benzene rings is 3. The lowest BCUT2D eigenvalue weighted by Gasteiger charge is -2.14. The minimum atomic E-state index is -3.87. The Morgan fingerprint density at radius 1 is 0.643 bits per heavy atom. The maximum Gasteiger partial charge on any atom is 0.261 e. The lowest BCUT2D eigenvalue weighted by molar-refractivity contribution is 0.598. The first kappa shape index (κ1) is 19.9.